The van der Waals surface area contributed by atoms with Gasteiger partial charge < -0.3 is 9.47 Å². The van der Waals surface area contributed by atoms with Crippen LogP contribution in [-0.2, 0) is 29.2 Å². The average molecular weight is 250 g/mol. The van der Waals surface area contributed by atoms with Crippen molar-refractivity contribution in [2.45, 2.75) is 5.44 Å². The van der Waals surface area contributed by atoms with Crippen molar-refractivity contribution in [1.82, 2.24) is 0 Å². The molecule has 0 aliphatic rings. The molecule has 8 heteroatoms. The van der Waals surface area contributed by atoms with Crippen molar-refractivity contribution in [3.05, 3.63) is 25.3 Å². The monoisotopic (exact) mass is 250 g/mol. The van der Waals surface area contributed by atoms with Crippen molar-refractivity contribution in [1.29, 1.82) is 0 Å². The van der Waals surface area contributed by atoms with Crippen molar-refractivity contribution in [2.24, 2.45) is 0 Å². The van der Waals surface area contributed by atoms with Gasteiger partial charge in [-0.1, -0.05) is 13.2 Å². The van der Waals surface area contributed by atoms with Gasteiger partial charge in [-0.3, -0.25) is 4.55 Å². The van der Waals surface area contributed by atoms with Crippen molar-refractivity contribution >= 4 is 22.1 Å². The van der Waals surface area contributed by atoms with Crippen LogP contribution in [0.2, 0.25) is 0 Å². The molecule has 0 amide bonds. The quantitative estimate of drug-likeness (QED) is 0.390. The van der Waals surface area contributed by atoms with E-state index in [9.17, 15) is 18.0 Å². The van der Waals surface area contributed by atoms with Gasteiger partial charge in [0.1, 0.15) is 6.61 Å². The SMILES string of the molecule is C=CC(=O)OCC(OC(=O)C=C)S(=O)(=O)O. The number of esters is 2. The van der Waals surface area contributed by atoms with Gasteiger partial charge in [-0.2, -0.15) is 8.42 Å². The summed E-state index contributed by atoms with van der Waals surface area (Å²) >= 11 is 0. The minimum atomic E-state index is -4.68. The van der Waals surface area contributed by atoms with Crippen LogP contribution in [-0.4, -0.2) is 37.0 Å². The fourth-order valence-corrected chi connectivity index (χ4v) is 1.02. The fourth-order valence-electron chi connectivity index (χ4n) is 0.568. The van der Waals surface area contributed by atoms with Crippen LogP contribution in [0.3, 0.4) is 0 Å². The standard InChI is InChI=1S/C8H10O7S/c1-3-6(9)14-5-8(16(11,12)13)15-7(10)4-2/h3-4,8H,1-2,5H2,(H,11,12,13). The van der Waals surface area contributed by atoms with Crippen LogP contribution in [0.5, 0.6) is 0 Å². The van der Waals surface area contributed by atoms with Crippen LogP contribution in [0, 0.1) is 0 Å². The van der Waals surface area contributed by atoms with E-state index in [4.69, 9.17) is 4.55 Å². The van der Waals surface area contributed by atoms with E-state index >= 15 is 0 Å². The van der Waals surface area contributed by atoms with Gasteiger partial charge in [0.25, 0.3) is 5.44 Å². The number of rotatable bonds is 6. The van der Waals surface area contributed by atoms with Gasteiger partial charge in [-0.05, 0) is 0 Å². The number of hydrogen-bond acceptors (Lipinski definition) is 6. The molecule has 0 bridgehead atoms. The molecule has 0 aromatic heterocycles. The first kappa shape index (κ1) is 14.3. The largest absolute Gasteiger partial charge is 0.457 e. The maximum Gasteiger partial charge on any atom is 0.331 e. The minimum Gasteiger partial charge on any atom is -0.457 e. The van der Waals surface area contributed by atoms with Crippen LogP contribution in [0.25, 0.3) is 0 Å². The Labute approximate surface area is 92.1 Å². The van der Waals surface area contributed by atoms with Crippen LogP contribution in [0.15, 0.2) is 25.3 Å². The minimum absolute atomic E-state index is 0.702. The molecule has 0 aliphatic heterocycles. The van der Waals surface area contributed by atoms with Crippen LogP contribution >= 0.6 is 0 Å². The van der Waals surface area contributed by atoms with Crippen molar-refractivity contribution in [2.75, 3.05) is 6.61 Å². The van der Waals surface area contributed by atoms with Crippen LogP contribution in [0.4, 0.5) is 0 Å². The topological polar surface area (TPSA) is 107 Å². The zero-order valence-electron chi connectivity index (χ0n) is 8.16. The lowest BCUT2D eigenvalue weighted by molar-refractivity contribution is -0.148. The van der Waals surface area contributed by atoms with E-state index in [0.29, 0.717) is 6.08 Å². The van der Waals surface area contributed by atoms with Crippen LogP contribution in [0.1, 0.15) is 0 Å². The molecule has 0 radical (unpaired) electrons. The van der Waals surface area contributed by atoms with Gasteiger partial charge in [-0.15, -0.1) is 0 Å². The summed E-state index contributed by atoms with van der Waals surface area (Å²) in [4.78, 5) is 21.3. The molecule has 7 nitrogen and oxygen atoms in total. The number of hydrogen-bond donors (Lipinski definition) is 1. The Kier molecular flexibility index (Phi) is 5.40. The number of carbonyl (C=O) groups excluding carboxylic acids is 2. The molecular weight excluding hydrogens is 240 g/mol. The molecule has 0 saturated carbocycles. The first-order chi connectivity index (χ1) is 7.31. The van der Waals surface area contributed by atoms with E-state index in [2.05, 4.69) is 22.6 Å². The highest BCUT2D eigenvalue weighted by atomic mass is 32.2. The van der Waals surface area contributed by atoms with E-state index in [1.807, 2.05) is 0 Å². The van der Waals surface area contributed by atoms with E-state index in [1.165, 1.54) is 0 Å². The Hall–Kier alpha value is -1.67. The zero-order valence-corrected chi connectivity index (χ0v) is 8.97. The maximum atomic E-state index is 10.7. The molecule has 0 rings (SSSR count). The first-order valence-corrected chi connectivity index (χ1v) is 5.40. The number of ether oxygens (including phenoxy) is 2. The Balaban J connectivity index is 4.57. The lowest BCUT2D eigenvalue weighted by Crippen LogP contribution is -2.31. The summed E-state index contributed by atoms with van der Waals surface area (Å²) in [7, 11) is -4.68. The predicted molar refractivity (Wildman–Crippen MR) is 52.8 cm³/mol. The normalized spacial score (nSPS) is 12.3. The van der Waals surface area contributed by atoms with E-state index in [-0.39, 0.29) is 0 Å². The second-order valence-corrected chi connectivity index (χ2v) is 3.98. The van der Waals surface area contributed by atoms with Gasteiger partial charge in [-0.25, -0.2) is 9.59 Å². The second kappa shape index (κ2) is 6.03. The van der Waals surface area contributed by atoms with Gasteiger partial charge in [0.2, 0.25) is 0 Å². The van der Waals surface area contributed by atoms with Crippen molar-refractivity contribution in [3.63, 3.8) is 0 Å². The van der Waals surface area contributed by atoms with Gasteiger partial charge >= 0.3 is 22.1 Å². The van der Waals surface area contributed by atoms with E-state index in [1.54, 1.807) is 0 Å². The maximum absolute atomic E-state index is 10.7. The smallest absolute Gasteiger partial charge is 0.331 e. The molecule has 90 valence electrons. The summed E-state index contributed by atoms with van der Waals surface area (Å²) in [5.41, 5.74) is -1.98. The summed E-state index contributed by atoms with van der Waals surface area (Å²) in [5.74, 6) is -1.99. The summed E-state index contributed by atoms with van der Waals surface area (Å²) in [6.45, 7) is 5.27. The molecule has 1 N–H and O–H groups in total. The van der Waals surface area contributed by atoms with Gasteiger partial charge in [0.15, 0.2) is 0 Å². The molecule has 0 spiro atoms. The third kappa shape index (κ3) is 5.27. The fraction of sp³-hybridized carbons (Fsp3) is 0.250. The molecule has 0 aromatic carbocycles. The highest BCUT2D eigenvalue weighted by Gasteiger charge is 2.27. The molecule has 0 aromatic rings. The van der Waals surface area contributed by atoms with Crippen molar-refractivity contribution < 1.29 is 32.0 Å². The third-order valence-corrected chi connectivity index (χ3v) is 2.17. The van der Waals surface area contributed by atoms with E-state index in [0.717, 1.165) is 6.08 Å². The molecule has 0 saturated heterocycles. The lowest BCUT2D eigenvalue weighted by Gasteiger charge is -2.13. The zero-order chi connectivity index (χ0) is 12.8. The predicted octanol–water partition coefficient (Wildman–Crippen LogP) is -0.341. The molecular formula is C8H10O7S. The first-order valence-electron chi connectivity index (χ1n) is 3.89. The number of carbonyl (C=O) groups is 2. The summed E-state index contributed by atoms with van der Waals surface area (Å²) in [6, 6.07) is 0. The summed E-state index contributed by atoms with van der Waals surface area (Å²) in [6.07, 6.45) is 1.49. The molecule has 0 fully saturated rings. The molecule has 16 heavy (non-hydrogen) atoms. The Morgan fingerprint density at radius 2 is 1.75 bits per heavy atom. The van der Waals surface area contributed by atoms with E-state index < -0.39 is 34.1 Å². The van der Waals surface area contributed by atoms with Crippen molar-refractivity contribution in [3.8, 4) is 0 Å². The highest BCUT2D eigenvalue weighted by Crippen LogP contribution is 2.03. The van der Waals surface area contributed by atoms with Crippen LogP contribution < -0.4 is 0 Å². The lowest BCUT2D eigenvalue weighted by atomic mass is 10.6. The highest BCUT2D eigenvalue weighted by molar-refractivity contribution is 7.86. The Morgan fingerprint density at radius 1 is 1.25 bits per heavy atom. The molecule has 0 heterocycles. The van der Waals surface area contributed by atoms with Gasteiger partial charge in [0, 0.05) is 12.2 Å². The molecule has 0 aliphatic carbocycles. The third-order valence-electron chi connectivity index (χ3n) is 1.27. The Morgan fingerprint density at radius 3 is 2.12 bits per heavy atom. The summed E-state index contributed by atoms with van der Waals surface area (Å²) < 4.78 is 38.6. The van der Waals surface area contributed by atoms with Gasteiger partial charge in [0.05, 0.1) is 0 Å². The molecule has 1 unspecified atom stereocenters. The average Bonchev–Trinajstić information content (AvgIpc) is 2.21. The molecule has 1 atom stereocenters. The summed E-state index contributed by atoms with van der Waals surface area (Å²) in [5, 5.41) is 0. The second-order valence-electron chi connectivity index (χ2n) is 2.42. The Bertz CT molecular complexity index is 395.